The van der Waals surface area contributed by atoms with Crippen molar-refractivity contribution in [1.82, 2.24) is 4.98 Å². The van der Waals surface area contributed by atoms with Gasteiger partial charge in [-0.3, -0.25) is 4.98 Å². The Balaban J connectivity index is 2.27. The molecule has 0 radical (unpaired) electrons. The van der Waals surface area contributed by atoms with E-state index in [1.807, 2.05) is 0 Å². The first kappa shape index (κ1) is 11.3. The molecule has 1 saturated carbocycles. The fraction of sp³-hybridized carbons (Fsp3) is 0.688. The SMILES string of the molecule is Cc1nc2c(c(C(C)(C)C)c1C1CC1)CCC2. The number of fused-ring (bicyclic) bond motifs is 1. The van der Waals surface area contributed by atoms with Gasteiger partial charge in [-0.25, -0.2) is 0 Å². The molecule has 0 saturated heterocycles. The van der Waals surface area contributed by atoms with Crippen molar-refractivity contribution in [2.45, 2.75) is 71.1 Å². The lowest BCUT2D eigenvalue weighted by molar-refractivity contribution is 0.573. The monoisotopic (exact) mass is 229 g/mol. The molecule has 1 fully saturated rings. The molecule has 2 aliphatic carbocycles. The average molecular weight is 229 g/mol. The maximum Gasteiger partial charge on any atom is 0.0442 e. The minimum Gasteiger partial charge on any atom is -0.258 e. The third kappa shape index (κ3) is 1.80. The number of rotatable bonds is 1. The molecule has 0 aliphatic heterocycles. The predicted molar refractivity (Wildman–Crippen MR) is 71.7 cm³/mol. The Morgan fingerprint density at radius 1 is 1.12 bits per heavy atom. The fourth-order valence-corrected chi connectivity index (χ4v) is 3.45. The number of hydrogen-bond acceptors (Lipinski definition) is 1. The van der Waals surface area contributed by atoms with Crippen molar-refractivity contribution < 1.29 is 0 Å². The van der Waals surface area contributed by atoms with Crippen LogP contribution in [0, 0.1) is 6.92 Å². The number of pyridine rings is 1. The Kier molecular flexibility index (Phi) is 2.36. The van der Waals surface area contributed by atoms with Crippen molar-refractivity contribution in [2.24, 2.45) is 0 Å². The third-order valence-corrected chi connectivity index (χ3v) is 4.19. The summed E-state index contributed by atoms with van der Waals surface area (Å²) in [5.74, 6) is 0.822. The highest BCUT2D eigenvalue weighted by Gasteiger charge is 2.35. The quantitative estimate of drug-likeness (QED) is 0.708. The van der Waals surface area contributed by atoms with E-state index in [0.717, 1.165) is 5.92 Å². The van der Waals surface area contributed by atoms with Crippen LogP contribution in [-0.2, 0) is 18.3 Å². The molecule has 1 heterocycles. The molecule has 1 aromatic heterocycles. The van der Waals surface area contributed by atoms with Crippen LogP contribution in [-0.4, -0.2) is 4.98 Å². The van der Waals surface area contributed by atoms with E-state index in [0.29, 0.717) is 0 Å². The average Bonchev–Trinajstić information content (AvgIpc) is 2.94. The van der Waals surface area contributed by atoms with Gasteiger partial charge in [0.05, 0.1) is 0 Å². The van der Waals surface area contributed by atoms with Gasteiger partial charge in [0.25, 0.3) is 0 Å². The van der Waals surface area contributed by atoms with Gasteiger partial charge in [0.2, 0.25) is 0 Å². The van der Waals surface area contributed by atoms with Crippen molar-refractivity contribution in [3.05, 3.63) is 28.1 Å². The van der Waals surface area contributed by atoms with Crippen LogP contribution in [0.3, 0.4) is 0 Å². The molecule has 0 spiro atoms. The van der Waals surface area contributed by atoms with E-state index in [-0.39, 0.29) is 5.41 Å². The van der Waals surface area contributed by atoms with Crippen LogP contribution in [0.1, 0.15) is 74.0 Å². The minimum absolute atomic E-state index is 0.278. The van der Waals surface area contributed by atoms with Crippen LogP contribution in [0.4, 0.5) is 0 Å². The van der Waals surface area contributed by atoms with Crippen LogP contribution < -0.4 is 0 Å². The van der Waals surface area contributed by atoms with Gasteiger partial charge in [-0.05, 0) is 67.1 Å². The topological polar surface area (TPSA) is 12.9 Å². The van der Waals surface area contributed by atoms with Gasteiger partial charge in [0, 0.05) is 11.4 Å². The van der Waals surface area contributed by atoms with Gasteiger partial charge in [0.1, 0.15) is 0 Å². The Labute approximate surface area is 105 Å². The standard InChI is InChI=1S/C16H23N/c1-10-14(11-8-9-11)15(16(2,3)4)12-6-5-7-13(12)17-10/h11H,5-9H2,1-4H3. The zero-order valence-electron chi connectivity index (χ0n) is 11.6. The molecule has 0 N–H and O–H groups in total. The van der Waals surface area contributed by atoms with E-state index in [9.17, 15) is 0 Å². The molecule has 0 atom stereocenters. The molecule has 0 aromatic carbocycles. The molecule has 17 heavy (non-hydrogen) atoms. The zero-order chi connectivity index (χ0) is 12.2. The molecule has 2 aliphatic rings. The molecule has 1 nitrogen and oxygen atoms in total. The molecule has 1 aromatic rings. The lowest BCUT2D eigenvalue weighted by atomic mass is 9.78. The minimum atomic E-state index is 0.278. The summed E-state index contributed by atoms with van der Waals surface area (Å²) in [6.45, 7) is 9.33. The maximum absolute atomic E-state index is 4.89. The van der Waals surface area contributed by atoms with Crippen molar-refractivity contribution in [1.29, 1.82) is 0 Å². The lowest BCUT2D eigenvalue weighted by Crippen LogP contribution is -2.19. The van der Waals surface area contributed by atoms with E-state index in [1.54, 1.807) is 16.7 Å². The summed E-state index contributed by atoms with van der Waals surface area (Å²) in [6, 6.07) is 0. The summed E-state index contributed by atoms with van der Waals surface area (Å²) < 4.78 is 0. The molecule has 3 rings (SSSR count). The number of hydrogen-bond donors (Lipinski definition) is 0. The van der Waals surface area contributed by atoms with Crippen molar-refractivity contribution in [3.8, 4) is 0 Å². The normalized spacial score (nSPS) is 19.5. The summed E-state index contributed by atoms with van der Waals surface area (Å²) in [5.41, 5.74) is 7.86. The highest BCUT2D eigenvalue weighted by molar-refractivity contribution is 5.49. The molecule has 0 amide bonds. The van der Waals surface area contributed by atoms with E-state index >= 15 is 0 Å². The second-order valence-electron chi connectivity index (χ2n) is 6.79. The van der Waals surface area contributed by atoms with Crippen LogP contribution in [0.5, 0.6) is 0 Å². The Morgan fingerprint density at radius 3 is 2.41 bits per heavy atom. The van der Waals surface area contributed by atoms with E-state index in [1.165, 1.54) is 43.5 Å². The van der Waals surface area contributed by atoms with Gasteiger partial charge >= 0.3 is 0 Å². The number of aromatic nitrogens is 1. The third-order valence-electron chi connectivity index (χ3n) is 4.19. The van der Waals surface area contributed by atoms with E-state index in [4.69, 9.17) is 4.98 Å². The highest BCUT2D eigenvalue weighted by Crippen LogP contribution is 2.48. The molecular weight excluding hydrogens is 206 g/mol. The fourth-order valence-electron chi connectivity index (χ4n) is 3.45. The summed E-state index contributed by atoms with van der Waals surface area (Å²) in [7, 11) is 0. The van der Waals surface area contributed by atoms with Gasteiger partial charge in [-0.1, -0.05) is 20.8 Å². The number of nitrogens with zero attached hydrogens (tertiary/aromatic N) is 1. The molecule has 0 unspecified atom stereocenters. The summed E-state index contributed by atoms with van der Waals surface area (Å²) in [4.78, 5) is 4.89. The first-order chi connectivity index (χ1) is 7.98. The smallest absolute Gasteiger partial charge is 0.0442 e. The van der Waals surface area contributed by atoms with Crippen molar-refractivity contribution in [2.75, 3.05) is 0 Å². The second-order valence-corrected chi connectivity index (χ2v) is 6.79. The van der Waals surface area contributed by atoms with Crippen LogP contribution in [0.25, 0.3) is 0 Å². The van der Waals surface area contributed by atoms with Gasteiger partial charge in [-0.15, -0.1) is 0 Å². The van der Waals surface area contributed by atoms with Crippen molar-refractivity contribution >= 4 is 0 Å². The van der Waals surface area contributed by atoms with Gasteiger partial charge in [-0.2, -0.15) is 0 Å². The van der Waals surface area contributed by atoms with Crippen molar-refractivity contribution in [3.63, 3.8) is 0 Å². The first-order valence-electron chi connectivity index (χ1n) is 7.01. The summed E-state index contributed by atoms with van der Waals surface area (Å²) in [5, 5.41) is 0. The molecular formula is C16H23N. The summed E-state index contributed by atoms with van der Waals surface area (Å²) in [6.07, 6.45) is 6.52. The van der Waals surface area contributed by atoms with E-state index in [2.05, 4.69) is 27.7 Å². The number of aryl methyl sites for hydroxylation is 2. The lowest BCUT2D eigenvalue weighted by Gasteiger charge is -2.27. The van der Waals surface area contributed by atoms with Crippen LogP contribution in [0.15, 0.2) is 0 Å². The largest absolute Gasteiger partial charge is 0.258 e. The van der Waals surface area contributed by atoms with Crippen LogP contribution in [0.2, 0.25) is 0 Å². The van der Waals surface area contributed by atoms with Gasteiger partial charge < -0.3 is 0 Å². The zero-order valence-corrected chi connectivity index (χ0v) is 11.6. The summed E-state index contributed by atoms with van der Waals surface area (Å²) >= 11 is 0. The first-order valence-corrected chi connectivity index (χ1v) is 7.01. The molecule has 0 bridgehead atoms. The highest BCUT2D eigenvalue weighted by atomic mass is 14.7. The van der Waals surface area contributed by atoms with Crippen LogP contribution >= 0.6 is 0 Å². The predicted octanol–water partition coefficient (Wildman–Crippen LogP) is 4.05. The Bertz CT molecular complexity index is 461. The van der Waals surface area contributed by atoms with Gasteiger partial charge in [0.15, 0.2) is 0 Å². The molecule has 92 valence electrons. The Hall–Kier alpha value is -0.850. The Morgan fingerprint density at radius 2 is 1.82 bits per heavy atom. The molecule has 1 heteroatoms. The van der Waals surface area contributed by atoms with E-state index < -0.39 is 0 Å². The second kappa shape index (κ2) is 3.57. The maximum atomic E-state index is 4.89.